The van der Waals surface area contributed by atoms with Crippen LogP contribution < -0.4 is 0 Å². The summed E-state index contributed by atoms with van der Waals surface area (Å²) in [6.45, 7) is 0. The third-order valence-corrected chi connectivity index (χ3v) is 11.7. The minimum Gasteiger partial charge on any atom is -0.456 e. The maximum absolute atomic E-state index is 6.52. The Morgan fingerprint density at radius 1 is 0.304 bits per heavy atom. The molecule has 0 saturated carbocycles. The van der Waals surface area contributed by atoms with E-state index in [9.17, 15) is 0 Å². The van der Waals surface area contributed by atoms with Crippen LogP contribution in [0, 0.1) is 0 Å². The van der Waals surface area contributed by atoms with Crippen molar-refractivity contribution < 1.29 is 4.42 Å². The highest BCUT2D eigenvalue weighted by Crippen LogP contribution is 2.41. The molecule has 11 rings (SSSR count). The summed E-state index contributed by atoms with van der Waals surface area (Å²) >= 11 is 1.85. The SMILES string of the molecule is c1ccc(-c2ccc(-c3nc(-c4ccccc4)nc(-c4ccc5c(c4)oc4ccc(-c6ccccc6-c6ccc7sc8ccccc8c7c6)cc45)n3)cc2)cc1. The third kappa shape index (κ3) is 5.65. The molecule has 0 atom stereocenters. The van der Waals surface area contributed by atoms with E-state index in [0.717, 1.165) is 49.8 Å². The normalized spacial score (nSPS) is 11.6. The van der Waals surface area contributed by atoms with Gasteiger partial charge in [-0.15, -0.1) is 11.3 Å². The molecule has 0 aliphatic heterocycles. The van der Waals surface area contributed by atoms with Gasteiger partial charge in [0.25, 0.3) is 0 Å². The lowest BCUT2D eigenvalue weighted by molar-refractivity contribution is 0.669. The summed E-state index contributed by atoms with van der Waals surface area (Å²) in [7, 11) is 0. The van der Waals surface area contributed by atoms with Gasteiger partial charge >= 0.3 is 0 Å². The van der Waals surface area contributed by atoms with Gasteiger partial charge in [0, 0.05) is 47.6 Å². The molecule has 0 radical (unpaired) electrons. The van der Waals surface area contributed by atoms with Gasteiger partial charge in [0.15, 0.2) is 17.5 Å². The average molecular weight is 734 g/mol. The van der Waals surface area contributed by atoms with Crippen LogP contribution in [-0.2, 0) is 0 Å². The first kappa shape index (κ1) is 32.2. The molecule has 0 aliphatic rings. The molecule has 0 N–H and O–H groups in total. The lowest BCUT2D eigenvalue weighted by Gasteiger charge is -2.11. The van der Waals surface area contributed by atoms with Crippen molar-refractivity contribution in [3.05, 3.63) is 188 Å². The molecule has 5 heteroatoms. The molecule has 0 saturated heterocycles. The van der Waals surface area contributed by atoms with Crippen LogP contribution in [0.5, 0.6) is 0 Å². The second-order valence-electron chi connectivity index (χ2n) is 14.0. The number of thiophene rings is 1. The predicted molar refractivity (Wildman–Crippen MR) is 233 cm³/mol. The first-order chi connectivity index (χ1) is 27.7. The molecule has 3 heterocycles. The molecule has 8 aromatic carbocycles. The van der Waals surface area contributed by atoms with Crippen molar-refractivity contribution in [1.82, 2.24) is 15.0 Å². The van der Waals surface area contributed by atoms with Crippen LogP contribution in [-0.4, -0.2) is 15.0 Å². The fourth-order valence-electron chi connectivity index (χ4n) is 7.76. The predicted octanol–water partition coefficient (Wildman–Crippen LogP) is 14.1. The van der Waals surface area contributed by atoms with Gasteiger partial charge < -0.3 is 4.42 Å². The van der Waals surface area contributed by atoms with E-state index in [1.54, 1.807) is 0 Å². The summed E-state index contributed by atoms with van der Waals surface area (Å²) in [6.07, 6.45) is 0. The highest BCUT2D eigenvalue weighted by molar-refractivity contribution is 7.25. The monoisotopic (exact) mass is 733 g/mol. The Morgan fingerprint density at radius 2 is 0.804 bits per heavy atom. The maximum atomic E-state index is 6.52. The van der Waals surface area contributed by atoms with E-state index in [1.165, 1.54) is 42.4 Å². The van der Waals surface area contributed by atoms with Gasteiger partial charge in [-0.25, -0.2) is 15.0 Å². The zero-order valence-corrected chi connectivity index (χ0v) is 30.9. The highest BCUT2D eigenvalue weighted by atomic mass is 32.1. The molecule has 3 aromatic heterocycles. The molecule has 56 heavy (non-hydrogen) atoms. The number of fused-ring (bicyclic) bond motifs is 6. The van der Waals surface area contributed by atoms with E-state index in [4.69, 9.17) is 19.4 Å². The summed E-state index contributed by atoms with van der Waals surface area (Å²) in [4.78, 5) is 15.0. The van der Waals surface area contributed by atoms with Crippen LogP contribution in [0.15, 0.2) is 192 Å². The summed E-state index contributed by atoms with van der Waals surface area (Å²) in [6, 6.07) is 65.8. The quantitative estimate of drug-likeness (QED) is 0.171. The van der Waals surface area contributed by atoms with Crippen molar-refractivity contribution >= 4 is 53.4 Å². The molecule has 0 bridgehead atoms. The zero-order chi connectivity index (χ0) is 37.0. The number of rotatable bonds is 6. The number of aromatic nitrogens is 3. The largest absolute Gasteiger partial charge is 0.456 e. The van der Waals surface area contributed by atoms with Crippen molar-refractivity contribution in [1.29, 1.82) is 0 Å². The number of furan rings is 1. The van der Waals surface area contributed by atoms with Crippen molar-refractivity contribution in [2.24, 2.45) is 0 Å². The smallest absolute Gasteiger partial charge is 0.164 e. The Kier molecular flexibility index (Phi) is 7.64. The van der Waals surface area contributed by atoms with Crippen molar-refractivity contribution in [2.75, 3.05) is 0 Å². The van der Waals surface area contributed by atoms with Crippen LogP contribution in [0.4, 0.5) is 0 Å². The summed E-state index contributed by atoms with van der Waals surface area (Å²) < 4.78 is 9.14. The van der Waals surface area contributed by atoms with E-state index >= 15 is 0 Å². The fraction of sp³-hybridized carbons (Fsp3) is 0. The molecule has 0 spiro atoms. The van der Waals surface area contributed by atoms with Crippen molar-refractivity contribution in [2.45, 2.75) is 0 Å². The van der Waals surface area contributed by atoms with Gasteiger partial charge in [-0.2, -0.15) is 0 Å². The number of hydrogen-bond donors (Lipinski definition) is 0. The Balaban J connectivity index is 0.984. The van der Waals surface area contributed by atoms with Gasteiger partial charge in [0.1, 0.15) is 11.2 Å². The number of benzene rings is 8. The Hall–Kier alpha value is -7.21. The average Bonchev–Trinajstić information content (AvgIpc) is 3.84. The van der Waals surface area contributed by atoms with E-state index in [1.807, 2.05) is 47.7 Å². The van der Waals surface area contributed by atoms with Gasteiger partial charge in [-0.05, 0) is 75.8 Å². The Morgan fingerprint density at radius 3 is 1.54 bits per heavy atom. The zero-order valence-electron chi connectivity index (χ0n) is 30.1. The summed E-state index contributed by atoms with van der Waals surface area (Å²) in [5.74, 6) is 1.83. The lowest BCUT2D eigenvalue weighted by Crippen LogP contribution is -2.00. The maximum Gasteiger partial charge on any atom is 0.164 e. The van der Waals surface area contributed by atoms with Crippen LogP contribution in [0.1, 0.15) is 0 Å². The topological polar surface area (TPSA) is 51.8 Å². The second-order valence-corrected chi connectivity index (χ2v) is 15.1. The molecule has 11 aromatic rings. The molecule has 0 amide bonds. The molecule has 0 aliphatic carbocycles. The molecule has 4 nitrogen and oxygen atoms in total. The molecule has 0 unspecified atom stereocenters. The molecule has 262 valence electrons. The highest BCUT2D eigenvalue weighted by Gasteiger charge is 2.17. The molecular weight excluding hydrogens is 703 g/mol. The van der Waals surface area contributed by atoms with E-state index in [0.29, 0.717) is 17.5 Å². The summed E-state index contributed by atoms with van der Waals surface area (Å²) in [5, 5.41) is 4.72. The lowest BCUT2D eigenvalue weighted by atomic mass is 9.93. The van der Waals surface area contributed by atoms with Gasteiger partial charge in [-0.3, -0.25) is 0 Å². The third-order valence-electron chi connectivity index (χ3n) is 10.6. The minimum absolute atomic E-state index is 0.591. The van der Waals surface area contributed by atoms with Crippen molar-refractivity contribution in [3.8, 4) is 67.5 Å². The Labute approximate surface area is 327 Å². The minimum atomic E-state index is 0.591. The van der Waals surface area contributed by atoms with E-state index < -0.39 is 0 Å². The van der Waals surface area contributed by atoms with Crippen molar-refractivity contribution in [3.63, 3.8) is 0 Å². The van der Waals surface area contributed by atoms with Crippen LogP contribution >= 0.6 is 11.3 Å². The standard InChI is InChI=1S/C51H31N3OS/c1-3-11-32(12-4-1)33-19-21-35(22-20-33)50-52-49(34-13-5-2-6-14-34)53-51(54-50)38-23-26-41-43-29-36(24-27-45(43)55-46(41)31-38)39-15-7-8-16-40(39)37-25-28-48-44(30-37)42-17-9-10-18-47(42)56-48/h1-31H. The Bertz CT molecular complexity index is 3240. The first-order valence-electron chi connectivity index (χ1n) is 18.7. The van der Waals surface area contributed by atoms with Crippen LogP contribution in [0.25, 0.3) is 110 Å². The van der Waals surface area contributed by atoms with Gasteiger partial charge in [-0.1, -0.05) is 146 Å². The summed E-state index contributed by atoms with van der Waals surface area (Å²) in [5.41, 5.74) is 11.4. The van der Waals surface area contributed by atoms with Crippen LogP contribution in [0.3, 0.4) is 0 Å². The van der Waals surface area contributed by atoms with E-state index in [2.05, 4.69) is 152 Å². The molecule has 0 fully saturated rings. The molecular formula is C51H31N3OS. The van der Waals surface area contributed by atoms with Crippen LogP contribution in [0.2, 0.25) is 0 Å². The van der Waals surface area contributed by atoms with E-state index in [-0.39, 0.29) is 0 Å². The second kappa shape index (κ2) is 13.3. The fourth-order valence-corrected chi connectivity index (χ4v) is 8.84. The van der Waals surface area contributed by atoms with Gasteiger partial charge in [0.05, 0.1) is 0 Å². The number of nitrogens with zero attached hydrogens (tertiary/aromatic N) is 3. The van der Waals surface area contributed by atoms with Gasteiger partial charge in [0.2, 0.25) is 0 Å². The number of hydrogen-bond acceptors (Lipinski definition) is 5. The first-order valence-corrected chi connectivity index (χ1v) is 19.5.